The Balaban J connectivity index is 2.30. The van der Waals surface area contributed by atoms with Gasteiger partial charge in [0.1, 0.15) is 0 Å². The quantitative estimate of drug-likeness (QED) is 0.617. The summed E-state index contributed by atoms with van der Waals surface area (Å²) >= 11 is 0. The smallest absolute Gasteiger partial charge is 0.338 e. The largest absolute Gasteiger partial charge is 0.478 e. The zero-order valence-corrected chi connectivity index (χ0v) is 9.05. The first-order valence-electron chi connectivity index (χ1n) is 5.36. The molecule has 0 atom stereocenters. The van der Waals surface area contributed by atoms with E-state index in [1.165, 1.54) is 12.1 Å². The van der Waals surface area contributed by atoms with Gasteiger partial charge in [-0.25, -0.2) is 4.79 Å². The van der Waals surface area contributed by atoms with E-state index in [1.807, 2.05) is 0 Å². The van der Waals surface area contributed by atoms with Crippen LogP contribution < -0.4 is 5.32 Å². The van der Waals surface area contributed by atoms with E-state index < -0.39 is 10.9 Å². The lowest BCUT2D eigenvalue weighted by Gasteiger charge is -2.28. The predicted molar refractivity (Wildman–Crippen MR) is 61.3 cm³/mol. The first-order chi connectivity index (χ1) is 8.08. The molecule has 0 heterocycles. The topological polar surface area (TPSA) is 92.5 Å². The van der Waals surface area contributed by atoms with Crippen molar-refractivity contribution in [3.63, 3.8) is 0 Å². The maximum Gasteiger partial charge on any atom is 0.338 e. The van der Waals surface area contributed by atoms with Crippen LogP contribution in [0.5, 0.6) is 0 Å². The number of benzene rings is 1. The Morgan fingerprint density at radius 3 is 2.65 bits per heavy atom. The summed E-state index contributed by atoms with van der Waals surface area (Å²) in [6, 6.07) is 4.14. The van der Waals surface area contributed by atoms with E-state index in [2.05, 4.69) is 5.32 Å². The van der Waals surface area contributed by atoms with Crippen LogP contribution in [0.1, 0.15) is 29.6 Å². The Kier molecular flexibility index (Phi) is 2.95. The van der Waals surface area contributed by atoms with Crippen molar-refractivity contribution in [1.82, 2.24) is 0 Å². The van der Waals surface area contributed by atoms with Gasteiger partial charge in [0.05, 0.1) is 10.5 Å². The lowest BCUT2D eigenvalue weighted by Crippen LogP contribution is -2.27. The molecule has 0 radical (unpaired) electrons. The van der Waals surface area contributed by atoms with E-state index in [0.29, 0.717) is 5.69 Å². The Morgan fingerprint density at radius 2 is 2.18 bits per heavy atom. The van der Waals surface area contributed by atoms with Gasteiger partial charge >= 0.3 is 5.97 Å². The lowest BCUT2D eigenvalue weighted by atomic mass is 9.92. The summed E-state index contributed by atoms with van der Waals surface area (Å²) in [7, 11) is 0. The van der Waals surface area contributed by atoms with Crippen LogP contribution in [0.25, 0.3) is 0 Å². The summed E-state index contributed by atoms with van der Waals surface area (Å²) in [5, 5.41) is 22.7. The molecule has 0 spiro atoms. The molecule has 90 valence electrons. The van der Waals surface area contributed by atoms with Crippen LogP contribution in [0.2, 0.25) is 0 Å². The standard InChI is InChI=1S/C11H12N2O4/c14-11(15)9-6-8(13(16)17)4-5-10(9)12-7-2-1-3-7/h4-7,12H,1-3H2,(H,14,15). The summed E-state index contributed by atoms with van der Waals surface area (Å²) in [6.07, 6.45) is 3.15. The second kappa shape index (κ2) is 4.40. The van der Waals surface area contributed by atoms with Crippen LogP contribution in [0.3, 0.4) is 0 Å². The SMILES string of the molecule is O=C(O)c1cc([N+](=O)[O-])ccc1NC1CCC1. The molecule has 2 N–H and O–H groups in total. The van der Waals surface area contributed by atoms with Crippen molar-refractivity contribution in [2.24, 2.45) is 0 Å². The Hall–Kier alpha value is -2.11. The van der Waals surface area contributed by atoms with Gasteiger partial charge in [-0.3, -0.25) is 10.1 Å². The molecule has 0 unspecified atom stereocenters. The number of carboxylic acid groups (broad SMARTS) is 1. The number of hydrogen-bond acceptors (Lipinski definition) is 4. The second-order valence-corrected chi connectivity index (χ2v) is 4.06. The number of nitrogens with zero attached hydrogens (tertiary/aromatic N) is 1. The highest BCUT2D eigenvalue weighted by Gasteiger charge is 2.21. The summed E-state index contributed by atoms with van der Waals surface area (Å²) in [6.45, 7) is 0. The number of nitrogens with one attached hydrogen (secondary N) is 1. The van der Waals surface area contributed by atoms with E-state index >= 15 is 0 Å². The van der Waals surface area contributed by atoms with Gasteiger partial charge in [0.15, 0.2) is 0 Å². The van der Waals surface area contributed by atoms with Crippen molar-refractivity contribution in [3.8, 4) is 0 Å². The van der Waals surface area contributed by atoms with Crippen molar-refractivity contribution in [2.45, 2.75) is 25.3 Å². The lowest BCUT2D eigenvalue weighted by molar-refractivity contribution is -0.384. The number of carboxylic acids is 1. The van der Waals surface area contributed by atoms with Gasteiger partial charge in [0.25, 0.3) is 5.69 Å². The van der Waals surface area contributed by atoms with E-state index in [1.54, 1.807) is 0 Å². The predicted octanol–water partition coefficient (Wildman–Crippen LogP) is 2.26. The van der Waals surface area contributed by atoms with Crippen LogP contribution in [-0.4, -0.2) is 22.0 Å². The number of aromatic carboxylic acids is 1. The van der Waals surface area contributed by atoms with Crippen LogP contribution in [-0.2, 0) is 0 Å². The van der Waals surface area contributed by atoms with Crippen LogP contribution in [0.15, 0.2) is 18.2 Å². The van der Waals surface area contributed by atoms with Gasteiger partial charge in [-0.2, -0.15) is 0 Å². The molecule has 0 aromatic heterocycles. The number of nitro groups is 1. The van der Waals surface area contributed by atoms with Gasteiger partial charge in [-0.05, 0) is 25.3 Å². The minimum atomic E-state index is -1.16. The molecular formula is C11H12N2O4. The highest BCUT2D eigenvalue weighted by Crippen LogP contribution is 2.27. The number of hydrogen-bond donors (Lipinski definition) is 2. The Labute approximate surface area is 97.4 Å². The fraction of sp³-hybridized carbons (Fsp3) is 0.364. The molecule has 17 heavy (non-hydrogen) atoms. The molecule has 1 aliphatic carbocycles. The van der Waals surface area contributed by atoms with E-state index in [-0.39, 0.29) is 17.3 Å². The molecule has 1 aromatic rings. The average molecular weight is 236 g/mol. The Bertz CT molecular complexity index is 469. The zero-order valence-electron chi connectivity index (χ0n) is 9.05. The van der Waals surface area contributed by atoms with Gasteiger partial charge in [-0.1, -0.05) is 0 Å². The molecule has 1 aliphatic rings. The van der Waals surface area contributed by atoms with Crippen molar-refractivity contribution in [1.29, 1.82) is 0 Å². The minimum Gasteiger partial charge on any atom is -0.478 e. The van der Waals surface area contributed by atoms with Gasteiger partial charge in [-0.15, -0.1) is 0 Å². The monoisotopic (exact) mass is 236 g/mol. The molecule has 0 saturated heterocycles. The van der Waals surface area contributed by atoms with Crippen molar-refractivity contribution < 1.29 is 14.8 Å². The molecule has 0 bridgehead atoms. The first kappa shape index (κ1) is 11.4. The number of anilines is 1. The Morgan fingerprint density at radius 1 is 1.47 bits per heavy atom. The first-order valence-corrected chi connectivity index (χ1v) is 5.36. The van der Waals surface area contributed by atoms with Crippen LogP contribution in [0.4, 0.5) is 11.4 Å². The van der Waals surface area contributed by atoms with Gasteiger partial charge in [0.2, 0.25) is 0 Å². The fourth-order valence-electron chi connectivity index (χ4n) is 1.72. The third kappa shape index (κ3) is 2.35. The molecule has 0 amide bonds. The molecule has 1 aromatic carbocycles. The number of rotatable bonds is 4. The summed E-state index contributed by atoms with van der Waals surface area (Å²) < 4.78 is 0. The summed E-state index contributed by atoms with van der Waals surface area (Å²) in [5.41, 5.74) is 0.195. The van der Waals surface area contributed by atoms with E-state index in [4.69, 9.17) is 5.11 Å². The maximum atomic E-state index is 11.0. The number of non-ortho nitro benzene ring substituents is 1. The third-order valence-corrected chi connectivity index (χ3v) is 2.91. The van der Waals surface area contributed by atoms with Crippen molar-refractivity contribution in [3.05, 3.63) is 33.9 Å². The second-order valence-electron chi connectivity index (χ2n) is 4.06. The molecular weight excluding hydrogens is 224 g/mol. The zero-order chi connectivity index (χ0) is 12.4. The molecule has 1 saturated carbocycles. The summed E-state index contributed by atoms with van der Waals surface area (Å²) in [5.74, 6) is -1.16. The fourth-order valence-corrected chi connectivity index (χ4v) is 1.72. The van der Waals surface area contributed by atoms with Crippen LogP contribution in [0, 0.1) is 10.1 Å². The van der Waals surface area contributed by atoms with E-state index in [9.17, 15) is 14.9 Å². The summed E-state index contributed by atoms with van der Waals surface area (Å²) in [4.78, 5) is 21.0. The molecule has 1 fully saturated rings. The molecule has 6 nitrogen and oxygen atoms in total. The molecule has 2 rings (SSSR count). The highest BCUT2D eigenvalue weighted by atomic mass is 16.6. The number of carbonyl (C=O) groups is 1. The van der Waals surface area contributed by atoms with Gasteiger partial charge in [0, 0.05) is 23.9 Å². The molecule has 6 heteroatoms. The third-order valence-electron chi connectivity index (χ3n) is 2.91. The normalized spacial score (nSPS) is 15.1. The van der Waals surface area contributed by atoms with E-state index in [0.717, 1.165) is 25.3 Å². The average Bonchev–Trinajstić information content (AvgIpc) is 2.23. The number of nitro benzene ring substituents is 1. The van der Waals surface area contributed by atoms with Crippen molar-refractivity contribution >= 4 is 17.3 Å². The maximum absolute atomic E-state index is 11.0. The minimum absolute atomic E-state index is 0.0499. The van der Waals surface area contributed by atoms with Gasteiger partial charge < -0.3 is 10.4 Å². The van der Waals surface area contributed by atoms with Crippen LogP contribution >= 0.6 is 0 Å². The highest BCUT2D eigenvalue weighted by molar-refractivity contribution is 5.95. The molecule has 0 aliphatic heterocycles. The van der Waals surface area contributed by atoms with Crippen molar-refractivity contribution in [2.75, 3.05) is 5.32 Å².